The molecule has 1 saturated heterocycles. The van der Waals surface area contributed by atoms with Gasteiger partial charge in [0.15, 0.2) is 11.9 Å². The van der Waals surface area contributed by atoms with Gasteiger partial charge in [-0.15, -0.1) is 0 Å². The summed E-state index contributed by atoms with van der Waals surface area (Å²) in [5, 5.41) is 0. The van der Waals surface area contributed by atoms with Gasteiger partial charge in [-0.1, -0.05) is 26.0 Å². The monoisotopic (exact) mass is 572 g/mol. The number of fused-ring (bicyclic) bond motifs is 3. The molecule has 3 fully saturated rings. The van der Waals surface area contributed by atoms with Crippen molar-refractivity contribution in [2.75, 3.05) is 7.11 Å². The number of ether oxygens (including phenoxy) is 3. The molecule has 8 nitrogen and oxygen atoms in total. The first kappa shape index (κ1) is 25.7. The van der Waals surface area contributed by atoms with Crippen molar-refractivity contribution in [1.82, 2.24) is 0 Å². The molecule has 9 heteroatoms. The molecule has 5 rings (SSSR count). The van der Waals surface area contributed by atoms with Crippen LogP contribution in [0.5, 0.6) is 0 Å². The van der Waals surface area contributed by atoms with Crippen LogP contribution in [0.3, 0.4) is 0 Å². The lowest BCUT2D eigenvalue weighted by Gasteiger charge is -2.61. The molecule has 0 unspecified atom stereocenters. The summed E-state index contributed by atoms with van der Waals surface area (Å²) in [6.07, 6.45) is 2.69. The van der Waals surface area contributed by atoms with E-state index >= 15 is 0 Å². The number of benzene rings is 1. The van der Waals surface area contributed by atoms with E-state index in [1.807, 2.05) is 13.8 Å². The van der Waals surface area contributed by atoms with Crippen LogP contribution in [0.2, 0.25) is 0 Å². The van der Waals surface area contributed by atoms with Crippen molar-refractivity contribution in [2.45, 2.75) is 51.7 Å². The number of halogens is 1. The number of rotatable bonds is 4. The molecule has 1 aliphatic heterocycles. The molecule has 3 aliphatic rings. The maximum Gasteiger partial charge on any atom is 0.339 e. The number of furan rings is 1. The summed E-state index contributed by atoms with van der Waals surface area (Å²) in [5.41, 5.74) is -0.603. The first-order valence-corrected chi connectivity index (χ1v) is 13.2. The maximum atomic E-state index is 14.2. The second-order valence-corrected chi connectivity index (χ2v) is 11.7. The number of carbonyl (C=O) groups excluding carboxylic acids is 4. The van der Waals surface area contributed by atoms with Crippen molar-refractivity contribution >= 4 is 39.6 Å². The van der Waals surface area contributed by atoms with Crippen molar-refractivity contribution in [1.29, 1.82) is 0 Å². The minimum Gasteiger partial charge on any atom is -0.472 e. The van der Waals surface area contributed by atoms with Crippen LogP contribution in [0.15, 0.2) is 51.7 Å². The van der Waals surface area contributed by atoms with Gasteiger partial charge in [0.05, 0.1) is 37.0 Å². The highest BCUT2D eigenvalue weighted by Gasteiger charge is 2.67. The van der Waals surface area contributed by atoms with Gasteiger partial charge in [0, 0.05) is 22.4 Å². The highest BCUT2D eigenvalue weighted by atomic mass is 79.9. The number of methoxy groups -OCH3 is 1. The average molecular weight is 573 g/mol. The maximum absolute atomic E-state index is 14.2. The van der Waals surface area contributed by atoms with Crippen molar-refractivity contribution < 1.29 is 37.8 Å². The zero-order chi connectivity index (χ0) is 26.5. The number of carbonyl (C=O) groups is 4. The van der Waals surface area contributed by atoms with E-state index in [1.165, 1.54) is 19.6 Å². The van der Waals surface area contributed by atoms with E-state index in [1.54, 1.807) is 30.3 Å². The van der Waals surface area contributed by atoms with Crippen LogP contribution in [0.25, 0.3) is 0 Å². The Labute approximate surface area is 223 Å². The van der Waals surface area contributed by atoms with E-state index in [0.29, 0.717) is 29.3 Å². The third kappa shape index (κ3) is 4.11. The van der Waals surface area contributed by atoms with Crippen molar-refractivity contribution in [3.05, 3.63) is 58.5 Å². The van der Waals surface area contributed by atoms with E-state index in [0.717, 1.165) is 0 Å². The van der Waals surface area contributed by atoms with Gasteiger partial charge in [-0.05, 0) is 64.2 Å². The molecule has 0 bridgehead atoms. The number of esters is 3. The molecule has 1 aromatic carbocycles. The molecular weight excluding hydrogens is 544 g/mol. The second kappa shape index (κ2) is 9.42. The van der Waals surface area contributed by atoms with Crippen LogP contribution in [0.4, 0.5) is 0 Å². The van der Waals surface area contributed by atoms with E-state index in [4.69, 9.17) is 18.6 Å². The first-order valence-electron chi connectivity index (χ1n) is 12.4. The molecule has 1 aromatic heterocycles. The number of ketones is 1. The summed E-state index contributed by atoms with van der Waals surface area (Å²) >= 11 is 3.35. The van der Waals surface area contributed by atoms with Gasteiger partial charge in [-0.3, -0.25) is 14.4 Å². The summed E-state index contributed by atoms with van der Waals surface area (Å²) in [6, 6.07) is 8.53. The number of hydrogen-bond donors (Lipinski definition) is 0. The molecule has 0 N–H and O–H groups in total. The molecule has 196 valence electrons. The van der Waals surface area contributed by atoms with Crippen LogP contribution in [0.1, 0.15) is 61.6 Å². The number of Topliss-reactive ketones (excluding diaryl/α,β-unsaturated/α-hetero) is 1. The Morgan fingerprint density at radius 2 is 1.86 bits per heavy atom. The zero-order valence-electron chi connectivity index (χ0n) is 20.9. The Morgan fingerprint density at radius 1 is 1.11 bits per heavy atom. The molecule has 0 amide bonds. The average Bonchev–Trinajstić information content (AvgIpc) is 3.40. The minimum absolute atomic E-state index is 0.0328. The third-order valence-corrected chi connectivity index (χ3v) is 9.54. The van der Waals surface area contributed by atoms with Crippen LogP contribution >= 0.6 is 15.9 Å². The van der Waals surface area contributed by atoms with Crippen LogP contribution < -0.4 is 0 Å². The van der Waals surface area contributed by atoms with Crippen LogP contribution in [-0.4, -0.2) is 36.9 Å². The quantitative estimate of drug-likeness (QED) is 0.369. The molecule has 0 spiro atoms. The topological polar surface area (TPSA) is 109 Å². The Hall–Kier alpha value is -2.94. The van der Waals surface area contributed by atoms with E-state index < -0.39 is 52.7 Å². The standard InChI is InChI=1S/C28H29BrO8/c1-27-10-8-17-26(33)37-21(15-9-11-35-14-15)13-28(17,2)23(27)22(30)20(12-18(27)25(32)34-3)36-24(31)16-6-4-5-7-19(16)29/h4-7,9,11,14,17-18,20-21,23H,8,10,12-13H2,1-3H3/t17-,18+,20+,21+,23+,27+,28+/m1/s1. The van der Waals surface area contributed by atoms with Crippen molar-refractivity contribution in [3.8, 4) is 0 Å². The third-order valence-electron chi connectivity index (χ3n) is 8.85. The molecule has 2 aliphatic carbocycles. The van der Waals surface area contributed by atoms with E-state index in [9.17, 15) is 19.2 Å². The van der Waals surface area contributed by atoms with Gasteiger partial charge < -0.3 is 18.6 Å². The molecule has 2 heterocycles. The summed E-state index contributed by atoms with van der Waals surface area (Å²) in [4.78, 5) is 53.6. The van der Waals surface area contributed by atoms with Gasteiger partial charge in [0.2, 0.25) is 0 Å². The lowest BCUT2D eigenvalue weighted by molar-refractivity contribution is -0.208. The van der Waals surface area contributed by atoms with Crippen molar-refractivity contribution in [2.24, 2.45) is 28.6 Å². The zero-order valence-corrected chi connectivity index (χ0v) is 22.5. The Balaban J connectivity index is 1.54. The highest BCUT2D eigenvalue weighted by Crippen LogP contribution is 2.65. The molecule has 2 saturated carbocycles. The smallest absolute Gasteiger partial charge is 0.339 e. The van der Waals surface area contributed by atoms with Crippen LogP contribution in [0, 0.1) is 28.6 Å². The van der Waals surface area contributed by atoms with Gasteiger partial charge in [0.1, 0.15) is 6.10 Å². The highest BCUT2D eigenvalue weighted by molar-refractivity contribution is 9.10. The fraction of sp³-hybridized carbons (Fsp3) is 0.500. The predicted octanol–water partition coefficient (Wildman–Crippen LogP) is 5.06. The van der Waals surface area contributed by atoms with Gasteiger partial charge in [-0.2, -0.15) is 0 Å². The predicted molar refractivity (Wildman–Crippen MR) is 133 cm³/mol. The molecule has 7 atom stereocenters. The fourth-order valence-electron chi connectivity index (χ4n) is 7.08. The molecule has 2 aromatic rings. The fourth-order valence-corrected chi connectivity index (χ4v) is 7.53. The van der Waals surface area contributed by atoms with Crippen molar-refractivity contribution in [3.63, 3.8) is 0 Å². The normalized spacial score (nSPS) is 35.1. The molecule has 37 heavy (non-hydrogen) atoms. The number of cyclic esters (lactones) is 1. The summed E-state index contributed by atoms with van der Waals surface area (Å²) in [6.45, 7) is 3.86. The Bertz CT molecular complexity index is 1240. The first-order chi connectivity index (χ1) is 17.6. The largest absolute Gasteiger partial charge is 0.472 e. The minimum atomic E-state index is -1.15. The Kier molecular flexibility index (Phi) is 6.54. The van der Waals surface area contributed by atoms with E-state index in [-0.39, 0.29) is 23.7 Å². The van der Waals surface area contributed by atoms with Gasteiger partial charge in [0.25, 0.3) is 0 Å². The SMILES string of the molecule is COC(=O)[C@@H]1C[C@H](OC(=O)c2ccccc2Br)C(=O)[C@@H]2[C@@]3(C)C[C@@H](c4ccoc4)OC(=O)[C@H]3CC[C@]21C. The number of hydrogen-bond acceptors (Lipinski definition) is 8. The Morgan fingerprint density at radius 3 is 2.54 bits per heavy atom. The van der Waals surface area contributed by atoms with Gasteiger partial charge in [-0.25, -0.2) is 4.79 Å². The van der Waals surface area contributed by atoms with Crippen LogP contribution in [-0.2, 0) is 28.6 Å². The summed E-state index contributed by atoms with van der Waals surface area (Å²) in [7, 11) is 1.32. The lowest BCUT2D eigenvalue weighted by atomic mass is 9.43. The molecular formula is C28H29BrO8. The van der Waals surface area contributed by atoms with E-state index in [2.05, 4.69) is 15.9 Å². The second-order valence-electron chi connectivity index (χ2n) is 10.8. The molecule has 0 radical (unpaired) electrons. The summed E-state index contributed by atoms with van der Waals surface area (Å²) in [5.74, 6) is -3.67. The summed E-state index contributed by atoms with van der Waals surface area (Å²) < 4.78 is 22.5. The van der Waals surface area contributed by atoms with Gasteiger partial charge >= 0.3 is 17.9 Å². The lowest BCUT2D eigenvalue weighted by Crippen LogP contribution is -2.64.